The zero-order valence-electron chi connectivity index (χ0n) is 18.0. The van der Waals surface area contributed by atoms with Gasteiger partial charge in [-0.3, -0.25) is 9.59 Å². The number of ether oxygens (including phenoxy) is 2. The number of fused-ring (bicyclic) bond motifs is 1. The average Bonchev–Trinajstić information content (AvgIpc) is 3.25. The van der Waals surface area contributed by atoms with E-state index in [4.69, 9.17) is 21.1 Å². The van der Waals surface area contributed by atoms with Crippen LogP contribution >= 0.6 is 11.6 Å². The third-order valence-electron chi connectivity index (χ3n) is 5.30. The van der Waals surface area contributed by atoms with Gasteiger partial charge in [-0.2, -0.15) is 0 Å². The normalized spacial score (nSPS) is 13.0. The number of rotatable bonds is 10. The number of carbonyl (C=O) groups excluding carboxylic acids is 2. The molecule has 1 unspecified atom stereocenters. The molecule has 0 radical (unpaired) electrons. The third-order valence-corrected chi connectivity index (χ3v) is 5.67. The zero-order chi connectivity index (χ0) is 22.2. The van der Waals surface area contributed by atoms with E-state index in [-0.39, 0.29) is 31.6 Å². The number of hydrogen-bond acceptors (Lipinski definition) is 4. The summed E-state index contributed by atoms with van der Waals surface area (Å²) in [5, 5.41) is 3.51. The molecule has 1 N–H and O–H groups in total. The Kier molecular flexibility index (Phi) is 8.18. The van der Waals surface area contributed by atoms with Crippen molar-refractivity contribution in [3.63, 3.8) is 0 Å². The first-order chi connectivity index (χ1) is 15.0. The first-order valence-corrected chi connectivity index (χ1v) is 11.1. The van der Waals surface area contributed by atoms with Crippen LogP contribution in [0.5, 0.6) is 11.5 Å². The van der Waals surface area contributed by atoms with Gasteiger partial charge in [-0.15, -0.1) is 0 Å². The summed E-state index contributed by atoms with van der Waals surface area (Å²) in [4.78, 5) is 27.7. The van der Waals surface area contributed by atoms with Gasteiger partial charge in [0.05, 0.1) is 0 Å². The molecule has 0 saturated heterocycles. The SMILES string of the molecule is CCCNC(=O)C(CC)N(Cc1ccccc1Cl)C(=O)CCc1ccc2c(c1)OCO2. The van der Waals surface area contributed by atoms with Gasteiger partial charge in [-0.1, -0.05) is 49.7 Å². The highest BCUT2D eigenvalue weighted by atomic mass is 35.5. The molecule has 1 heterocycles. The van der Waals surface area contributed by atoms with E-state index in [0.717, 1.165) is 17.5 Å². The van der Waals surface area contributed by atoms with Crippen LogP contribution in [0.4, 0.5) is 0 Å². The molecular weight excluding hydrogens is 416 g/mol. The molecule has 1 aliphatic heterocycles. The van der Waals surface area contributed by atoms with Gasteiger partial charge >= 0.3 is 0 Å². The molecule has 2 aromatic carbocycles. The van der Waals surface area contributed by atoms with Gasteiger partial charge in [-0.25, -0.2) is 0 Å². The molecule has 2 aromatic rings. The predicted octanol–water partition coefficient (Wildman–Crippen LogP) is 4.33. The number of halogens is 1. The molecule has 166 valence electrons. The van der Waals surface area contributed by atoms with E-state index in [1.807, 2.05) is 50.2 Å². The maximum Gasteiger partial charge on any atom is 0.242 e. The van der Waals surface area contributed by atoms with E-state index in [9.17, 15) is 9.59 Å². The maximum atomic E-state index is 13.3. The van der Waals surface area contributed by atoms with Crippen LogP contribution in [0.2, 0.25) is 5.02 Å². The Bertz CT molecular complexity index is 918. The number of carbonyl (C=O) groups is 2. The quantitative estimate of drug-likeness (QED) is 0.592. The first kappa shape index (κ1) is 22.9. The molecule has 31 heavy (non-hydrogen) atoms. The van der Waals surface area contributed by atoms with Gasteiger partial charge in [0, 0.05) is 24.5 Å². The van der Waals surface area contributed by atoms with Crippen molar-refractivity contribution in [2.24, 2.45) is 0 Å². The number of benzene rings is 2. The number of nitrogens with zero attached hydrogens (tertiary/aromatic N) is 1. The van der Waals surface area contributed by atoms with Crippen molar-refractivity contribution in [3.05, 3.63) is 58.6 Å². The lowest BCUT2D eigenvalue weighted by Crippen LogP contribution is -2.49. The summed E-state index contributed by atoms with van der Waals surface area (Å²) in [5.74, 6) is 1.20. The number of aryl methyl sites for hydroxylation is 1. The number of nitrogens with one attached hydrogen (secondary N) is 1. The van der Waals surface area contributed by atoms with Crippen LogP contribution < -0.4 is 14.8 Å². The predicted molar refractivity (Wildman–Crippen MR) is 120 cm³/mol. The Morgan fingerprint density at radius 2 is 1.90 bits per heavy atom. The van der Waals surface area contributed by atoms with Gasteiger partial charge < -0.3 is 19.7 Å². The highest BCUT2D eigenvalue weighted by Gasteiger charge is 2.28. The summed E-state index contributed by atoms with van der Waals surface area (Å²) in [7, 11) is 0. The molecule has 0 aromatic heterocycles. The standard InChI is InChI=1S/C24H29ClN2O4/c1-3-13-26-24(29)20(4-2)27(15-18-7-5-6-8-19(18)25)23(28)12-10-17-9-11-21-22(14-17)31-16-30-21/h5-9,11,14,20H,3-4,10,12-13,15-16H2,1-2H3,(H,26,29). The van der Waals surface area contributed by atoms with Crippen molar-refractivity contribution in [3.8, 4) is 11.5 Å². The fraction of sp³-hybridized carbons (Fsp3) is 0.417. The summed E-state index contributed by atoms with van der Waals surface area (Å²) < 4.78 is 10.8. The molecule has 1 aliphatic rings. The van der Waals surface area contributed by atoms with E-state index < -0.39 is 6.04 Å². The molecule has 1 atom stereocenters. The Labute approximate surface area is 188 Å². The Hall–Kier alpha value is -2.73. The smallest absolute Gasteiger partial charge is 0.242 e. The zero-order valence-corrected chi connectivity index (χ0v) is 18.8. The molecule has 0 saturated carbocycles. The second kappa shape index (κ2) is 11.0. The monoisotopic (exact) mass is 444 g/mol. The summed E-state index contributed by atoms with van der Waals surface area (Å²) >= 11 is 6.35. The van der Waals surface area contributed by atoms with Crippen LogP contribution in [-0.2, 0) is 22.6 Å². The van der Waals surface area contributed by atoms with E-state index in [0.29, 0.717) is 35.9 Å². The lowest BCUT2D eigenvalue weighted by Gasteiger charge is -2.31. The molecule has 0 spiro atoms. The van der Waals surface area contributed by atoms with E-state index in [1.54, 1.807) is 11.0 Å². The molecule has 6 nitrogen and oxygen atoms in total. The molecule has 0 aliphatic carbocycles. The minimum atomic E-state index is -0.549. The van der Waals surface area contributed by atoms with Gasteiger partial charge in [-0.05, 0) is 48.6 Å². The molecule has 2 amide bonds. The van der Waals surface area contributed by atoms with Crippen LogP contribution in [0, 0.1) is 0 Å². The minimum Gasteiger partial charge on any atom is -0.454 e. The molecule has 0 bridgehead atoms. The van der Waals surface area contributed by atoms with Crippen molar-refractivity contribution in [1.82, 2.24) is 10.2 Å². The first-order valence-electron chi connectivity index (χ1n) is 10.7. The van der Waals surface area contributed by atoms with Crippen molar-refractivity contribution < 1.29 is 19.1 Å². The summed E-state index contributed by atoms with van der Waals surface area (Å²) in [6.07, 6.45) is 2.18. The maximum absolute atomic E-state index is 13.3. The van der Waals surface area contributed by atoms with Crippen molar-refractivity contribution >= 4 is 23.4 Å². The number of hydrogen-bond donors (Lipinski definition) is 1. The van der Waals surface area contributed by atoms with Crippen LogP contribution in [0.3, 0.4) is 0 Å². The highest BCUT2D eigenvalue weighted by molar-refractivity contribution is 6.31. The molecule has 3 rings (SSSR count). The lowest BCUT2D eigenvalue weighted by molar-refractivity contribution is -0.141. The molecule has 0 fully saturated rings. The van der Waals surface area contributed by atoms with Gasteiger partial charge in [0.1, 0.15) is 6.04 Å². The van der Waals surface area contributed by atoms with Crippen LogP contribution in [0.25, 0.3) is 0 Å². The largest absolute Gasteiger partial charge is 0.454 e. The van der Waals surface area contributed by atoms with Crippen LogP contribution in [0.1, 0.15) is 44.2 Å². The van der Waals surface area contributed by atoms with Gasteiger partial charge in [0.15, 0.2) is 11.5 Å². The Morgan fingerprint density at radius 1 is 1.13 bits per heavy atom. The molecular formula is C24H29ClN2O4. The minimum absolute atomic E-state index is 0.0870. The number of amides is 2. The average molecular weight is 445 g/mol. The third kappa shape index (κ3) is 5.91. The Balaban J connectivity index is 1.76. The van der Waals surface area contributed by atoms with Gasteiger partial charge in [0.25, 0.3) is 0 Å². The lowest BCUT2D eigenvalue weighted by atomic mass is 10.1. The summed E-state index contributed by atoms with van der Waals surface area (Å²) in [6, 6.07) is 12.6. The van der Waals surface area contributed by atoms with Crippen LogP contribution in [0.15, 0.2) is 42.5 Å². The van der Waals surface area contributed by atoms with Crippen LogP contribution in [-0.4, -0.2) is 36.1 Å². The highest BCUT2D eigenvalue weighted by Crippen LogP contribution is 2.33. The van der Waals surface area contributed by atoms with Gasteiger partial charge in [0.2, 0.25) is 18.6 Å². The Morgan fingerprint density at radius 3 is 2.65 bits per heavy atom. The summed E-state index contributed by atoms with van der Waals surface area (Å²) in [5.41, 5.74) is 1.81. The fourth-order valence-corrected chi connectivity index (χ4v) is 3.78. The second-order valence-corrected chi connectivity index (χ2v) is 7.92. The summed E-state index contributed by atoms with van der Waals surface area (Å²) in [6.45, 7) is 5.01. The topological polar surface area (TPSA) is 67.9 Å². The second-order valence-electron chi connectivity index (χ2n) is 7.52. The van der Waals surface area contributed by atoms with Crippen molar-refractivity contribution in [1.29, 1.82) is 0 Å². The molecule has 7 heteroatoms. The van der Waals surface area contributed by atoms with Crippen molar-refractivity contribution in [2.45, 2.75) is 52.1 Å². The van der Waals surface area contributed by atoms with E-state index >= 15 is 0 Å². The van der Waals surface area contributed by atoms with E-state index in [2.05, 4.69) is 5.32 Å². The van der Waals surface area contributed by atoms with E-state index in [1.165, 1.54) is 0 Å². The van der Waals surface area contributed by atoms with Crippen molar-refractivity contribution in [2.75, 3.05) is 13.3 Å². The fourth-order valence-electron chi connectivity index (χ4n) is 3.59.